The van der Waals surface area contributed by atoms with Crippen molar-refractivity contribution >= 4 is 33.2 Å². The molecular weight excluding hydrogens is 417 g/mol. The quantitative estimate of drug-likeness (QED) is 0.529. The molecule has 0 radical (unpaired) electrons. The number of anilines is 1. The zero-order valence-electron chi connectivity index (χ0n) is 14.6. The first-order valence-electron chi connectivity index (χ1n) is 8.65. The summed E-state index contributed by atoms with van der Waals surface area (Å²) in [6, 6.07) is 11.3. The molecule has 27 heavy (non-hydrogen) atoms. The van der Waals surface area contributed by atoms with Gasteiger partial charge in [0.05, 0.1) is 4.92 Å². The molecule has 142 valence electrons. The largest absolute Gasteiger partial charge is 0.368 e. The molecule has 0 spiro atoms. The molecule has 0 N–H and O–H groups in total. The molecule has 0 aromatic heterocycles. The number of piperazine rings is 1. The molecule has 1 aliphatic heterocycles. The lowest BCUT2D eigenvalue weighted by Gasteiger charge is -2.36. The van der Waals surface area contributed by atoms with Crippen LogP contribution in [0.2, 0.25) is 0 Å². The van der Waals surface area contributed by atoms with Crippen LogP contribution in [0.3, 0.4) is 0 Å². The van der Waals surface area contributed by atoms with Crippen LogP contribution in [0.25, 0.3) is 0 Å². The number of nitro groups is 1. The zero-order chi connectivity index (χ0) is 19.4. The van der Waals surface area contributed by atoms with Crippen molar-refractivity contribution in [1.82, 2.24) is 4.90 Å². The predicted molar refractivity (Wildman–Crippen MR) is 104 cm³/mol. The van der Waals surface area contributed by atoms with Gasteiger partial charge in [0.15, 0.2) is 0 Å². The Labute approximate surface area is 164 Å². The van der Waals surface area contributed by atoms with Crippen LogP contribution in [0.15, 0.2) is 46.9 Å². The van der Waals surface area contributed by atoms with Crippen molar-refractivity contribution in [2.24, 2.45) is 0 Å². The van der Waals surface area contributed by atoms with Crippen LogP contribution in [0.1, 0.15) is 12.0 Å². The Morgan fingerprint density at radius 2 is 1.78 bits per heavy atom. The molecule has 8 heteroatoms. The summed E-state index contributed by atoms with van der Waals surface area (Å²) in [5.74, 6) is -0.291. The van der Waals surface area contributed by atoms with E-state index in [1.54, 1.807) is 29.2 Å². The number of hydrogen-bond acceptors (Lipinski definition) is 4. The third-order valence-corrected chi connectivity index (χ3v) is 5.17. The van der Waals surface area contributed by atoms with Crippen LogP contribution in [-0.2, 0) is 11.2 Å². The van der Waals surface area contributed by atoms with E-state index in [0.29, 0.717) is 42.6 Å². The Kier molecular flexibility index (Phi) is 6.05. The molecule has 1 saturated heterocycles. The van der Waals surface area contributed by atoms with Gasteiger partial charge in [-0.05, 0) is 36.2 Å². The van der Waals surface area contributed by atoms with Crippen molar-refractivity contribution in [1.29, 1.82) is 0 Å². The standard InChI is InChI=1S/C19H19BrFN3O3/c20-15-3-1-14(18(21)13-15)2-8-19(25)23-11-9-22(10-12-23)16-4-6-17(7-5-16)24(26)27/h1,3-7,13H,2,8-12H2. The molecule has 0 atom stereocenters. The summed E-state index contributed by atoms with van der Waals surface area (Å²) in [7, 11) is 0. The second kappa shape index (κ2) is 8.47. The first-order chi connectivity index (χ1) is 12.9. The number of aryl methyl sites for hydroxylation is 1. The molecule has 0 bridgehead atoms. The molecule has 0 unspecified atom stereocenters. The number of carbonyl (C=O) groups is 1. The van der Waals surface area contributed by atoms with Gasteiger partial charge in [-0.1, -0.05) is 22.0 Å². The van der Waals surface area contributed by atoms with Crippen molar-refractivity contribution in [3.8, 4) is 0 Å². The smallest absolute Gasteiger partial charge is 0.269 e. The lowest BCUT2D eigenvalue weighted by Crippen LogP contribution is -2.48. The van der Waals surface area contributed by atoms with Crippen LogP contribution in [0.5, 0.6) is 0 Å². The molecule has 1 heterocycles. The third kappa shape index (κ3) is 4.82. The van der Waals surface area contributed by atoms with Gasteiger partial charge in [0, 0.05) is 54.9 Å². The molecule has 0 aliphatic carbocycles. The van der Waals surface area contributed by atoms with Crippen LogP contribution >= 0.6 is 15.9 Å². The highest BCUT2D eigenvalue weighted by atomic mass is 79.9. The maximum atomic E-state index is 13.9. The fourth-order valence-electron chi connectivity index (χ4n) is 3.12. The van der Waals surface area contributed by atoms with E-state index in [-0.39, 0.29) is 23.8 Å². The maximum absolute atomic E-state index is 13.9. The van der Waals surface area contributed by atoms with E-state index in [9.17, 15) is 19.3 Å². The Morgan fingerprint density at radius 3 is 2.37 bits per heavy atom. The van der Waals surface area contributed by atoms with Gasteiger partial charge in [-0.2, -0.15) is 0 Å². The van der Waals surface area contributed by atoms with Crippen LogP contribution < -0.4 is 4.90 Å². The topological polar surface area (TPSA) is 66.7 Å². The number of halogens is 2. The summed E-state index contributed by atoms with van der Waals surface area (Å²) < 4.78 is 14.5. The second-order valence-corrected chi connectivity index (χ2v) is 7.29. The van der Waals surface area contributed by atoms with E-state index in [4.69, 9.17) is 0 Å². The summed E-state index contributed by atoms with van der Waals surface area (Å²) in [5.41, 5.74) is 1.51. The SMILES string of the molecule is O=C(CCc1ccc(Br)cc1F)N1CCN(c2ccc([N+](=O)[O-])cc2)CC1. The number of benzene rings is 2. The van der Waals surface area contributed by atoms with Gasteiger partial charge in [0.1, 0.15) is 5.82 Å². The molecule has 3 rings (SSSR count). The molecule has 0 saturated carbocycles. The normalized spacial score (nSPS) is 14.3. The number of rotatable bonds is 5. The van der Waals surface area contributed by atoms with Gasteiger partial charge in [0.2, 0.25) is 5.91 Å². The van der Waals surface area contributed by atoms with Crippen molar-refractivity contribution in [2.45, 2.75) is 12.8 Å². The number of nitro benzene ring substituents is 1. The molecule has 2 aromatic rings. The Bertz CT molecular complexity index is 837. The number of non-ortho nitro benzene ring substituents is 1. The fraction of sp³-hybridized carbons (Fsp3) is 0.316. The van der Waals surface area contributed by atoms with Gasteiger partial charge in [-0.3, -0.25) is 14.9 Å². The minimum atomic E-state index is -0.422. The number of amides is 1. The molecule has 1 amide bonds. The van der Waals surface area contributed by atoms with Crippen LogP contribution in [-0.4, -0.2) is 41.9 Å². The Balaban J connectivity index is 1.51. The summed E-state index contributed by atoms with van der Waals surface area (Å²) >= 11 is 3.22. The Hall–Kier alpha value is -2.48. The van der Waals surface area contributed by atoms with Gasteiger partial charge in [0.25, 0.3) is 5.69 Å². The van der Waals surface area contributed by atoms with E-state index in [0.717, 1.165) is 5.69 Å². The second-order valence-electron chi connectivity index (χ2n) is 6.38. The number of carbonyl (C=O) groups excluding carboxylic acids is 1. The highest BCUT2D eigenvalue weighted by molar-refractivity contribution is 9.10. The highest BCUT2D eigenvalue weighted by Gasteiger charge is 2.21. The monoisotopic (exact) mass is 435 g/mol. The van der Waals surface area contributed by atoms with Crippen LogP contribution in [0, 0.1) is 15.9 Å². The van der Waals surface area contributed by atoms with Crippen molar-refractivity contribution in [3.63, 3.8) is 0 Å². The Morgan fingerprint density at radius 1 is 1.11 bits per heavy atom. The van der Waals surface area contributed by atoms with Crippen LogP contribution in [0.4, 0.5) is 15.8 Å². The first-order valence-corrected chi connectivity index (χ1v) is 9.44. The lowest BCUT2D eigenvalue weighted by molar-refractivity contribution is -0.384. The van der Waals surface area contributed by atoms with Gasteiger partial charge in [-0.25, -0.2) is 4.39 Å². The van der Waals surface area contributed by atoms with E-state index in [1.807, 2.05) is 0 Å². The summed E-state index contributed by atoms with van der Waals surface area (Å²) in [6.07, 6.45) is 0.649. The third-order valence-electron chi connectivity index (χ3n) is 4.68. The summed E-state index contributed by atoms with van der Waals surface area (Å²) in [5, 5.41) is 10.7. The molecule has 1 fully saturated rings. The minimum Gasteiger partial charge on any atom is -0.368 e. The maximum Gasteiger partial charge on any atom is 0.269 e. The van der Waals surface area contributed by atoms with Gasteiger partial charge >= 0.3 is 0 Å². The minimum absolute atomic E-state index is 0.0145. The average molecular weight is 436 g/mol. The summed E-state index contributed by atoms with van der Waals surface area (Å²) in [6.45, 7) is 2.49. The molecule has 2 aromatic carbocycles. The van der Waals surface area contributed by atoms with Crippen molar-refractivity contribution in [3.05, 3.63) is 68.4 Å². The van der Waals surface area contributed by atoms with E-state index >= 15 is 0 Å². The van der Waals surface area contributed by atoms with Crippen molar-refractivity contribution in [2.75, 3.05) is 31.1 Å². The number of nitrogens with zero attached hydrogens (tertiary/aromatic N) is 3. The van der Waals surface area contributed by atoms with E-state index in [1.165, 1.54) is 18.2 Å². The molecule has 1 aliphatic rings. The fourth-order valence-corrected chi connectivity index (χ4v) is 3.46. The highest BCUT2D eigenvalue weighted by Crippen LogP contribution is 2.21. The zero-order valence-corrected chi connectivity index (χ0v) is 16.2. The molecular formula is C19H19BrFN3O3. The number of hydrogen-bond donors (Lipinski definition) is 0. The lowest BCUT2D eigenvalue weighted by atomic mass is 10.1. The van der Waals surface area contributed by atoms with Gasteiger partial charge < -0.3 is 9.80 Å². The molecule has 6 nitrogen and oxygen atoms in total. The van der Waals surface area contributed by atoms with Gasteiger partial charge in [-0.15, -0.1) is 0 Å². The first kappa shape index (κ1) is 19.3. The predicted octanol–water partition coefficient (Wildman–Crippen LogP) is 3.78. The van der Waals surface area contributed by atoms with E-state index < -0.39 is 4.92 Å². The van der Waals surface area contributed by atoms with Crippen molar-refractivity contribution < 1.29 is 14.1 Å². The summed E-state index contributed by atoms with van der Waals surface area (Å²) in [4.78, 5) is 26.6. The average Bonchev–Trinajstić information content (AvgIpc) is 2.67. The van der Waals surface area contributed by atoms with E-state index in [2.05, 4.69) is 20.8 Å².